The number of benzene rings is 1. The molecule has 0 amide bonds. The molecule has 0 spiro atoms. The van der Waals surface area contributed by atoms with Crippen molar-refractivity contribution in [3.63, 3.8) is 0 Å². The molecule has 1 unspecified atom stereocenters. The molecule has 127 valence electrons. The molecule has 0 bridgehead atoms. The molecule has 1 aromatic carbocycles. The van der Waals surface area contributed by atoms with E-state index < -0.39 is 13.0 Å². The molecule has 1 fully saturated rings. The number of ether oxygens (including phenoxy) is 2. The van der Waals surface area contributed by atoms with Crippen molar-refractivity contribution in [2.45, 2.75) is 44.7 Å². The van der Waals surface area contributed by atoms with Gasteiger partial charge in [0.05, 0.1) is 22.0 Å². The lowest BCUT2D eigenvalue weighted by Gasteiger charge is -2.28. The highest BCUT2D eigenvalue weighted by molar-refractivity contribution is 7.48. The third-order valence-corrected chi connectivity index (χ3v) is 7.18. The maximum Gasteiger partial charge on any atom is 0.187 e. The van der Waals surface area contributed by atoms with Crippen molar-refractivity contribution in [1.29, 1.82) is 0 Å². The Hall–Kier alpha value is -1.41. The predicted octanol–water partition coefficient (Wildman–Crippen LogP) is 4.68. The van der Waals surface area contributed by atoms with Crippen molar-refractivity contribution < 1.29 is 18.8 Å². The number of carbonyl (C=O) groups excluding carboxylic acids is 1. The van der Waals surface area contributed by atoms with Crippen LogP contribution in [0, 0.1) is 5.92 Å². The van der Waals surface area contributed by atoms with E-state index in [0.29, 0.717) is 42.0 Å². The summed E-state index contributed by atoms with van der Waals surface area (Å²) in [5, 5.41) is -0.762. The third-order valence-electron chi connectivity index (χ3n) is 4.52. The normalized spacial score (nSPS) is 17.2. The standard InChI is InChI=1S/C18H26O4P/c1-13(2)12-23(20)18(10-5-6-11-18)17(19)16-14(21-3)8-7-9-15(16)22-4/h7-9,13H,5-6,10-12H2,1-4H3. The Bertz CT molecular complexity index is 566. The van der Waals surface area contributed by atoms with E-state index in [1.54, 1.807) is 32.4 Å². The number of Topliss-reactive ketones (excluding diaryl/α,β-unsaturated/α-hetero) is 1. The third kappa shape index (κ3) is 3.42. The van der Waals surface area contributed by atoms with Crippen molar-refractivity contribution in [2.24, 2.45) is 5.92 Å². The number of methoxy groups -OCH3 is 2. The molecule has 0 N–H and O–H groups in total. The largest absolute Gasteiger partial charge is 0.496 e. The van der Waals surface area contributed by atoms with Gasteiger partial charge < -0.3 is 9.47 Å². The number of carbonyl (C=O) groups is 1. The second-order valence-electron chi connectivity index (χ2n) is 6.56. The lowest BCUT2D eigenvalue weighted by molar-refractivity contribution is 0.0934. The Labute approximate surface area is 139 Å². The number of hydrogen-bond donors (Lipinski definition) is 0. The first kappa shape index (κ1) is 17.9. The van der Waals surface area contributed by atoms with Crippen LogP contribution in [-0.2, 0) is 4.57 Å². The molecular formula is C18H26O4P. The molecule has 1 aliphatic carbocycles. The fourth-order valence-electron chi connectivity index (χ4n) is 3.36. The summed E-state index contributed by atoms with van der Waals surface area (Å²) in [5.41, 5.74) is 0.437. The van der Waals surface area contributed by atoms with Crippen LogP contribution in [0.2, 0.25) is 0 Å². The molecule has 0 heterocycles. The van der Waals surface area contributed by atoms with Gasteiger partial charge in [-0.3, -0.25) is 9.36 Å². The molecule has 1 aliphatic rings. The molecule has 1 saturated carbocycles. The highest BCUT2D eigenvalue weighted by Gasteiger charge is 2.48. The maximum atomic E-state index is 13.4. The average molecular weight is 337 g/mol. The molecule has 0 aliphatic heterocycles. The van der Waals surface area contributed by atoms with Crippen molar-refractivity contribution >= 4 is 13.6 Å². The predicted molar refractivity (Wildman–Crippen MR) is 92.4 cm³/mol. The van der Waals surface area contributed by atoms with Crippen LogP contribution in [0.4, 0.5) is 0 Å². The summed E-state index contributed by atoms with van der Waals surface area (Å²) in [6.07, 6.45) is 3.85. The van der Waals surface area contributed by atoms with E-state index in [1.165, 1.54) is 0 Å². The summed E-state index contributed by atoms with van der Waals surface area (Å²) in [4.78, 5) is 13.4. The van der Waals surface area contributed by atoms with E-state index in [0.717, 1.165) is 12.8 Å². The van der Waals surface area contributed by atoms with E-state index in [2.05, 4.69) is 0 Å². The molecule has 1 radical (unpaired) electrons. The lowest BCUT2D eigenvalue weighted by Crippen LogP contribution is -2.33. The number of hydrogen-bond acceptors (Lipinski definition) is 4. The van der Waals surface area contributed by atoms with Crippen LogP contribution in [0.25, 0.3) is 0 Å². The van der Waals surface area contributed by atoms with Gasteiger partial charge in [0.15, 0.2) is 5.78 Å². The van der Waals surface area contributed by atoms with E-state index in [4.69, 9.17) is 9.47 Å². The second kappa shape index (κ2) is 7.44. The summed E-state index contributed by atoms with van der Waals surface area (Å²) >= 11 is 0. The van der Waals surface area contributed by atoms with Crippen LogP contribution in [0.5, 0.6) is 11.5 Å². The van der Waals surface area contributed by atoms with E-state index >= 15 is 0 Å². The van der Waals surface area contributed by atoms with Gasteiger partial charge in [-0.05, 0) is 30.9 Å². The van der Waals surface area contributed by atoms with Gasteiger partial charge in [-0.1, -0.05) is 32.8 Å². The highest BCUT2D eigenvalue weighted by Crippen LogP contribution is 2.54. The van der Waals surface area contributed by atoms with Crippen LogP contribution in [0.1, 0.15) is 49.9 Å². The minimum atomic E-state index is -1.61. The van der Waals surface area contributed by atoms with E-state index in [-0.39, 0.29) is 5.78 Å². The van der Waals surface area contributed by atoms with Gasteiger partial charge in [0.1, 0.15) is 22.2 Å². The Morgan fingerprint density at radius 3 is 2.13 bits per heavy atom. The first-order chi connectivity index (χ1) is 11.0. The van der Waals surface area contributed by atoms with Gasteiger partial charge in [-0.15, -0.1) is 0 Å². The van der Waals surface area contributed by atoms with Gasteiger partial charge >= 0.3 is 0 Å². The monoisotopic (exact) mass is 337 g/mol. The first-order valence-electron chi connectivity index (χ1n) is 8.17. The number of rotatable bonds is 7. The minimum absolute atomic E-state index is 0.0777. The van der Waals surface area contributed by atoms with E-state index in [1.807, 2.05) is 13.8 Å². The fourth-order valence-corrected chi connectivity index (χ4v) is 5.53. The highest BCUT2D eigenvalue weighted by atomic mass is 31.1. The van der Waals surface area contributed by atoms with Crippen molar-refractivity contribution in [3.8, 4) is 11.5 Å². The van der Waals surface area contributed by atoms with Gasteiger partial charge in [-0.2, -0.15) is 0 Å². The lowest BCUT2D eigenvalue weighted by atomic mass is 9.93. The zero-order valence-electron chi connectivity index (χ0n) is 14.4. The van der Waals surface area contributed by atoms with Gasteiger partial charge in [0.2, 0.25) is 0 Å². The summed E-state index contributed by atoms with van der Waals surface area (Å²) in [5.74, 6) is 1.22. The molecule has 2 rings (SSSR count). The molecular weight excluding hydrogens is 311 g/mol. The summed E-state index contributed by atoms with van der Waals surface area (Å²) in [6, 6.07) is 5.31. The quantitative estimate of drug-likeness (QED) is 0.535. The Morgan fingerprint density at radius 1 is 1.17 bits per heavy atom. The topological polar surface area (TPSA) is 52.6 Å². The van der Waals surface area contributed by atoms with Crippen molar-refractivity contribution in [2.75, 3.05) is 20.4 Å². The molecule has 4 nitrogen and oxygen atoms in total. The minimum Gasteiger partial charge on any atom is -0.496 e. The smallest absolute Gasteiger partial charge is 0.187 e. The zero-order valence-corrected chi connectivity index (χ0v) is 15.3. The molecule has 1 atom stereocenters. The van der Waals surface area contributed by atoms with E-state index in [9.17, 15) is 9.36 Å². The summed E-state index contributed by atoms with van der Waals surface area (Å²) in [7, 11) is 1.47. The van der Waals surface area contributed by atoms with Gasteiger partial charge in [0.25, 0.3) is 0 Å². The SMILES string of the molecule is COc1cccc(OC)c1C(=O)C1([P](=O)CC(C)C)CCCC1. The maximum absolute atomic E-state index is 13.4. The van der Waals surface area contributed by atoms with Gasteiger partial charge in [-0.25, -0.2) is 0 Å². The summed E-state index contributed by atoms with van der Waals surface area (Å²) in [6.45, 7) is 4.09. The molecule has 0 aromatic heterocycles. The van der Waals surface area contributed by atoms with Crippen LogP contribution >= 0.6 is 7.80 Å². The van der Waals surface area contributed by atoms with Crippen molar-refractivity contribution in [1.82, 2.24) is 0 Å². The molecule has 23 heavy (non-hydrogen) atoms. The van der Waals surface area contributed by atoms with Crippen LogP contribution < -0.4 is 9.47 Å². The Kier molecular flexibility index (Phi) is 5.80. The average Bonchev–Trinajstić information content (AvgIpc) is 3.03. The van der Waals surface area contributed by atoms with Crippen LogP contribution in [-0.4, -0.2) is 31.3 Å². The molecule has 0 saturated heterocycles. The van der Waals surface area contributed by atoms with Crippen molar-refractivity contribution in [3.05, 3.63) is 23.8 Å². The summed E-state index contributed by atoms with van der Waals surface area (Å²) < 4.78 is 23.8. The second-order valence-corrected chi connectivity index (χ2v) is 8.54. The Balaban J connectivity index is 2.49. The zero-order chi connectivity index (χ0) is 17.0. The molecule has 1 aromatic rings. The Morgan fingerprint density at radius 2 is 1.70 bits per heavy atom. The van der Waals surface area contributed by atoms with Gasteiger partial charge in [0, 0.05) is 6.16 Å². The molecule has 5 heteroatoms. The van der Waals surface area contributed by atoms with Crippen LogP contribution in [0.15, 0.2) is 18.2 Å². The first-order valence-corrected chi connectivity index (χ1v) is 9.61. The van der Waals surface area contributed by atoms with Crippen LogP contribution in [0.3, 0.4) is 0 Å². The fraction of sp³-hybridized carbons (Fsp3) is 0.611. The number of ketones is 1.